The molecule has 0 amide bonds. The first-order chi connectivity index (χ1) is 21.7. The van der Waals surface area contributed by atoms with Crippen molar-refractivity contribution in [1.29, 1.82) is 0 Å². The summed E-state index contributed by atoms with van der Waals surface area (Å²) in [6, 6.07) is 3.86. The maximum absolute atomic E-state index is 14.7. The van der Waals surface area contributed by atoms with Gasteiger partial charge in [-0.05, 0) is 115 Å². The molecular weight excluding hydrogens is 588 g/mol. The van der Waals surface area contributed by atoms with E-state index in [-0.39, 0.29) is 31.1 Å². The van der Waals surface area contributed by atoms with Gasteiger partial charge in [0.15, 0.2) is 5.65 Å². The summed E-state index contributed by atoms with van der Waals surface area (Å²) in [5, 5.41) is 17.1. The zero-order valence-electron chi connectivity index (χ0n) is 26.8. The lowest BCUT2D eigenvalue weighted by Crippen LogP contribution is -2.37. The number of hydrogen-bond donors (Lipinski definition) is 3. The van der Waals surface area contributed by atoms with Gasteiger partial charge in [0, 0.05) is 31.3 Å². The van der Waals surface area contributed by atoms with Crippen molar-refractivity contribution in [3.8, 4) is 0 Å². The van der Waals surface area contributed by atoms with Crippen molar-refractivity contribution < 1.29 is 18.6 Å². The van der Waals surface area contributed by atoms with Crippen molar-refractivity contribution >= 4 is 28.7 Å². The van der Waals surface area contributed by atoms with Gasteiger partial charge in [0.25, 0.3) is 0 Å². The number of rotatable bonds is 11. The van der Waals surface area contributed by atoms with E-state index in [9.17, 15) is 13.9 Å². The van der Waals surface area contributed by atoms with Gasteiger partial charge >= 0.3 is 0 Å². The highest BCUT2D eigenvalue weighted by atomic mass is 19.1. The third-order valence-electron chi connectivity index (χ3n) is 10.2. The molecule has 11 heteroatoms. The summed E-state index contributed by atoms with van der Waals surface area (Å²) in [6.45, 7) is 8.75. The van der Waals surface area contributed by atoms with Crippen LogP contribution in [-0.4, -0.2) is 74.0 Å². The second-order valence-electron chi connectivity index (χ2n) is 14.0. The molecule has 6 rings (SSSR count). The van der Waals surface area contributed by atoms with Crippen LogP contribution < -0.4 is 10.6 Å². The van der Waals surface area contributed by atoms with Crippen LogP contribution in [0.2, 0.25) is 0 Å². The van der Waals surface area contributed by atoms with Gasteiger partial charge in [-0.3, -0.25) is 4.57 Å². The molecule has 1 saturated heterocycles. The molecule has 2 aliphatic carbocycles. The third-order valence-corrected chi connectivity index (χ3v) is 10.2. The van der Waals surface area contributed by atoms with E-state index in [1.54, 1.807) is 6.20 Å². The quantitative estimate of drug-likeness (QED) is 0.186. The average molecular weight is 642 g/mol. The van der Waals surface area contributed by atoms with Gasteiger partial charge in [-0.2, -0.15) is 4.98 Å². The summed E-state index contributed by atoms with van der Waals surface area (Å²) in [7, 11) is 0. The number of aromatic nitrogens is 4. The normalized spacial score (nSPS) is 24.5. The fourth-order valence-corrected chi connectivity index (χ4v) is 7.43. The minimum absolute atomic E-state index is 0. The fraction of sp³-hybridized carbons (Fsp3) is 0.686. The second kappa shape index (κ2) is 15.3. The van der Waals surface area contributed by atoms with Gasteiger partial charge in [-0.25, -0.2) is 18.7 Å². The maximum atomic E-state index is 14.7. The highest BCUT2D eigenvalue weighted by Gasteiger charge is 2.32. The molecule has 3 fully saturated rings. The van der Waals surface area contributed by atoms with Gasteiger partial charge in [-0.1, -0.05) is 13.8 Å². The molecule has 2 saturated carbocycles. The lowest BCUT2D eigenvalue weighted by molar-refractivity contribution is -0.000415. The number of halogens is 2. The molecule has 3 aliphatic rings. The van der Waals surface area contributed by atoms with E-state index in [0.717, 1.165) is 77.2 Å². The van der Waals surface area contributed by atoms with E-state index in [0.29, 0.717) is 29.0 Å². The standard InChI is InChI=1S/C34H49F2N7O2.CH4/c1-34(2,44)24-8-11-26(12-9-24)38-32-37-21-30-31(41-32)43(33(40-30)39-29-15-10-25(35)20-28(29)36)27-13-6-23(7-14-27)22-45-19-18-42-16-4-3-5-17-42;/h10,15,20-21,23-24,26-27,44H,3-9,11-14,16-19,22H2,1-2H3,(H,39,40)(H,37,38,41);1H4. The summed E-state index contributed by atoms with van der Waals surface area (Å²) in [6.07, 6.45) is 13.3. The van der Waals surface area contributed by atoms with Crippen LogP contribution in [0.25, 0.3) is 11.2 Å². The topological polar surface area (TPSA) is 100 Å². The Balaban J connectivity index is 0.00000417. The van der Waals surface area contributed by atoms with Gasteiger partial charge in [0.2, 0.25) is 11.9 Å². The zero-order valence-corrected chi connectivity index (χ0v) is 26.8. The van der Waals surface area contributed by atoms with Crippen LogP contribution in [0.1, 0.15) is 97.9 Å². The van der Waals surface area contributed by atoms with E-state index in [2.05, 4.69) is 25.1 Å². The van der Waals surface area contributed by atoms with E-state index in [4.69, 9.17) is 14.7 Å². The van der Waals surface area contributed by atoms with Crippen LogP contribution in [-0.2, 0) is 4.74 Å². The Morgan fingerprint density at radius 3 is 2.41 bits per heavy atom. The van der Waals surface area contributed by atoms with Gasteiger partial charge in [-0.15, -0.1) is 0 Å². The molecule has 0 radical (unpaired) electrons. The molecule has 2 aromatic heterocycles. The Morgan fingerprint density at radius 1 is 0.978 bits per heavy atom. The Bertz CT molecular complexity index is 1410. The van der Waals surface area contributed by atoms with E-state index in [1.807, 2.05) is 13.8 Å². The summed E-state index contributed by atoms with van der Waals surface area (Å²) in [4.78, 5) is 16.8. The number of piperidine rings is 1. The molecule has 9 nitrogen and oxygen atoms in total. The Morgan fingerprint density at radius 2 is 1.72 bits per heavy atom. The fourth-order valence-electron chi connectivity index (χ4n) is 7.43. The largest absolute Gasteiger partial charge is 0.390 e. The lowest BCUT2D eigenvalue weighted by atomic mass is 9.77. The summed E-state index contributed by atoms with van der Waals surface area (Å²) in [5.74, 6) is 0.528. The molecule has 0 unspecified atom stereocenters. The van der Waals surface area contributed by atoms with Crippen molar-refractivity contribution in [2.24, 2.45) is 11.8 Å². The first-order valence-corrected chi connectivity index (χ1v) is 17.0. The first-order valence-electron chi connectivity index (χ1n) is 17.0. The van der Waals surface area contributed by atoms with Crippen molar-refractivity contribution in [2.75, 3.05) is 43.5 Å². The van der Waals surface area contributed by atoms with Crippen molar-refractivity contribution in [3.05, 3.63) is 36.0 Å². The van der Waals surface area contributed by atoms with Crippen LogP contribution in [0, 0.1) is 23.5 Å². The Labute approximate surface area is 272 Å². The lowest BCUT2D eigenvalue weighted by Gasteiger charge is -2.36. The molecule has 3 N–H and O–H groups in total. The highest BCUT2D eigenvalue weighted by molar-refractivity contribution is 5.76. The Hall–Kier alpha value is -2.89. The molecule has 0 spiro atoms. The predicted octanol–water partition coefficient (Wildman–Crippen LogP) is 7.46. The monoisotopic (exact) mass is 641 g/mol. The van der Waals surface area contributed by atoms with Crippen LogP contribution in [0.4, 0.5) is 26.4 Å². The van der Waals surface area contributed by atoms with Crippen LogP contribution in [0.5, 0.6) is 0 Å². The number of imidazole rings is 1. The molecule has 0 atom stereocenters. The number of ether oxygens (including phenoxy) is 1. The summed E-state index contributed by atoms with van der Waals surface area (Å²) >= 11 is 0. The number of nitrogens with zero attached hydrogens (tertiary/aromatic N) is 5. The number of hydrogen-bond acceptors (Lipinski definition) is 8. The molecular formula is C35H53F2N7O2. The van der Waals surface area contributed by atoms with Crippen LogP contribution in [0.3, 0.4) is 0 Å². The zero-order chi connectivity index (χ0) is 31.4. The van der Waals surface area contributed by atoms with Crippen molar-refractivity contribution in [1.82, 2.24) is 24.4 Å². The summed E-state index contributed by atoms with van der Waals surface area (Å²) < 4.78 is 36.6. The van der Waals surface area contributed by atoms with Crippen molar-refractivity contribution in [3.63, 3.8) is 0 Å². The van der Waals surface area contributed by atoms with Gasteiger partial charge < -0.3 is 25.4 Å². The van der Waals surface area contributed by atoms with E-state index < -0.39 is 17.2 Å². The highest BCUT2D eigenvalue weighted by Crippen LogP contribution is 2.38. The summed E-state index contributed by atoms with van der Waals surface area (Å²) in [5.41, 5.74) is 0.820. The maximum Gasteiger partial charge on any atom is 0.224 e. The number of fused-ring (bicyclic) bond motifs is 1. The Kier molecular flexibility index (Phi) is 11.5. The van der Waals surface area contributed by atoms with E-state index in [1.165, 1.54) is 44.5 Å². The molecule has 3 aromatic rings. The molecule has 1 aromatic carbocycles. The number of likely N-dealkylation sites (tertiary alicyclic amines) is 1. The smallest absolute Gasteiger partial charge is 0.224 e. The number of nitrogens with one attached hydrogen (secondary N) is 2. The molecule has 0 bridgehead atoms. The SMILES string of the molecule is C.CC(C)(O)C1CCC(Nc2ncc3nc(Nc4ccc(F)cc4F)n(C4CCC(COCCN5CCCCC5)CC4)c3n2)CC1. The average Bonchev–Trinajstić information content (AvgIpc) is 3.38. The number of anilines is 3. The van der Waals surface area contributed by atoms with Gasteiger partial charge in [0.1, 0.15) is 17.2 Å². The first kappa shape index (κ1) is 34.4. The third kappa shape index (κ3) is 8.52. The molecule has 3 heterocycles. The number of aliphatic hydroxyl groups is 1. The minimum Gasteiger partial charge on any atom is -0.390 e. The van der Waals surface area contributed by atoms with Crippen LogP contribution >= 0.6 is 0 Å². The molecule has 1 aliphatic heterocycles. The molecule has 46 heavy (non-hydrogen) atoms. The predicted molar refractivity (Wildman–Crippen MR) is 179 cm³/mol. The second-order valence-corrected chi connectivity index (χ2v) is 14.0. The molecule has 254 valence electrons. The number of benzene rings is 1. The van der Waals surface area contributed by atoms with Crippen LogP contribution in [0.15, 0.2) is 24.4 Å². The van der Waals surface area contributed by atoms with Gasteiger partial charge in [0.05, 0.1) is 24.1 Å². The van der Waals surface area contributed by atoms with Crippen molar-refractivity contribution in [2.45, 2.75) is 110 Å². The van der Waals surface area contributed by atoms with E-state index >= 15 is 0 Å². The minimum atomic E-state index is -0.672.